The van der Waals surface area contributed by atoms with Crippen LogP contribution in [0.5, 0.6) is 0 Å². The maximum atomic E-state index is 13.0. The summed E-state index contributed by atoms with van der Waals surface area (Å²) in [5, 5.41) is 25.9. The first kappa shape index (κ1) is 22.0. The van der Waals surface area contributed by atoms with Gasteiger partial charge in [0, 0.05) is 29.1 Å². The summed E-state index contributed by atoms with van der Waals surface area (Å²) in [7, 11) is 1.17. The summed E-state index contributed by atoms with van der Waals surface area (Å²) in [5.41, 5.74) is 0.106. The van der Waals surface area contributed by atoms with E-state index in [1.54, 1.807) is 0 Å². The molecule has 3 rings (SSSR count). The Kier molecular flexibility index (Phi) is 6.71. The van der Waals surface area contributed by atoms with E-state index in [9.17, 15) is 24.8 Å². The van der Waals surface area contributed by atoms with Crippen LogP contribution in [0.3, 0.4) is 0 Å². The molecular weight excluding hydrogens is 424 g/mol. The first-order chi connectivity index (χ1) is 14.8. The van der Waals surface area contributed by atoms with Gasteiger partial charge in [-0.05, 0) is 23.9 Å². The highest BCUT2D eigenvalue weighted by atomic mass is 32.1. The molecule has 0 spiro atoms. The Balaban J connectivity index is 2.02. The van der Waals surface area contributed by atoms with Crippen molar-refractivity contribution < 1.29 is 29.1 Å². The number of non-ortho nitro benzene ring substituents is 1. The lowest BCUT2D eigenvalue weighted by atomic mass is 9.80. The number of hydrogen-bond acceptors (Lipinski definition) is 8. The number of rotatable bonds is 7. The number of aliphatic hydroxyl groups is 1. The van der Waals surface area contributed by atoms with E-state index in [1.807, 2.05) is 17.5 Å². The predicted molar refractivity (Wildman–Crippen MR) is 112 cm³/mol. The zero-order chi connectivity index (χ0) is 22.5. The van der Waals surface area contributed by atoms with Crippen LogP contribution in [0, 0.1) is 10.1 Å². The number of nitrogens with one attached hydrogen (secondary N) is 1. The molecule has 1 aromatic heterocycles. The van der Waals surface area contributed by atoms with Crippen LogP contribution in [0.4, 0.5) is 5.69 Å². The van der Waals surface area contributed by atoms with Crippen LogP contribution in [-0.2, 0) is 25.5 Å². The molecule has 0 saturated carbocycles. The Morgan fingerprint density at radius 1 is 1.32 bits per heavy atom. The number of nitrogens with zero attached hydrogens (tertiary/aromatic N) is 1. The van der Waals surface area contributed by atoms with E-state index in [2.05, 4.69) is 5.32 Å². The summed E-state index contributed by atoms with van der Waals surface area (Å²) < 4.78 is 10.3. The average molecular weight is 444 g/mol. The highest BCUT2D eigenvalue weighted by Crippen LogP contribution is 2.39. The van der Waals surface area contributed by atoms with Crippen LogP contribution in [0.2, 0.25) is 0 Å². The number of ether oxygens (including phenoxy) is 2. The number of amides is 1. The van der Waals surface area contributed by atoms with Crippen molar-refractivity contribution in [2.45, 2.75) is 19.3 Å². The third-order valence-electron chi connectivity index (χ3n) is 4.75. The van der Waals surface area contributed by atoms with Gasteiger partial charge in [0.2, 0.25) is 0 Å². The van der Waals surface area contributed by atoms with Crippen molar-refractivity contribution in [1.82, 2.24) is 5.32 Å². The summed E-state index contributed by atoms with van der Waals surface area (Å²) in [4.78, 5) is 37.3. The zero-order valence-electron chi connectivity index (χ0n) is 16.8. The molecule has 1 aromatic carbocycles. The third kappa shape index (κ3) is 4.75. The van der Waals surface area contributed by atoms with Crippen LogP contribution < -0.4 is 5.32 Å². The molecule has 0 radical (unpaired) electrons. The van der Waals surface area contributed by atoms with Gasteiger partial charge in [-0.25, -0.2) is 4.79 Å². The fourth-order valence-corrected chi connectivity index (χ4v) is 4.02. The van der Waals surface area contributed by atoms with Crippen molar-refractivity contribution in [3.05, 3.63) is 85.1 Å². The molecule has 1 atom stereocenters. The van der Waals surface area contributed by atoms with E-state index in [0.29, 0.717) is 6.42 Å². The Labute approximate surface area is 181 Å². The monoisotopic (exact) mass is 444 g/mol. The summed E-state index contributed by atoms with van der Waals surface area (Å²) in [6.07, 6.45) is 0.523. The Hall–Kier alpha value is -3.66. The largest absolute Gasteiger partial charge is 0.481 e. The first-order valence-electron chi connectivity index (χ1n) is 9.26. The smallest absolute Gasteiger partial charge is 0.336 e. The molecule has 10 heteroatoms. The second kappa shape index (κ2) is 9.43. The van der Waals surface area contributed by atoms with E-state index in [0.717, 1.165) is 4.88 Å². The van der Waals surface area contributed by atoms with Gasteiger partial charge in [0.15, 0.2) is 0 Å². The Morgan fingerprint density at radius 3 is 2.74 bits per heavy atom. The second-order valence-corrected chi connectivity index (χ2v) is 7.70. The van der Waals surface area contributed by atoms with Crippen LogP contribution in [-0.4, -0.2) is 35.6 Å². The van der Waals surface area contributed by atoms with Crippen molar-refractivity contribution in [3.8, 4) is 0 Å². The molecule has 1 unspecified atom stereocenters. The van der Waals surface area contributed by atoms with E-state index in [-0.39, 0.29) is 34.7 Å². The SMILES string of the molecule is COC(O)=C1C(=O)NC(C)=C(C(=O)OCCc2cccs2)C1c1cccc([N+](=O)[O-])c1. The lowest BCUT2D eigenvalue weighted by molar-refractivity contribution is -0.384. The number of hydrogen-bond donors (Lipinski definition) is 2. The average Bonchev–Trinajstić information content (AvgIpc) is 3.26. The third-order valence-corrected chi connectivity index (χ3v) is 5.68. The highest BCUT2D eigenvalue weighted by molar-refractivity contribution is 7.09. The number of nitro groups is 1. The maximum absolute atomic E-state index is 13.0. The quantitative estimate of drug-likeness (QED) is 0.220. The molecule has 1 aliphatic rings. The fourth-order valence-electron chi connectivity index (χ4n) is 3.33. The molecule has 0 bridgehead atoms. The molecule has 162 valence electrons. The number of nitro benzene ring substituents is 1. The van der Waals surface area contributed by atoms with E-state index in [1.165, 1.54) is 49.6 Å². The van der Waals surface area contributed by atoms with Crippen molar-refractivity contribution in [1.29, 1.82) is 0 Å². The summed E-state index contributed by atoms with van der Waals surface area (Å²) >= 11 is 1.54. The van der Waals surface area contributed by atoms with Gasteiger partial charge < -0.3 is 19.9 Å². The number of benzene rings is 1. The molecule has 0 saturated heterocycles. The van der Waals surface area contributed by atoms with Crippen LogP contribution >= 0.6 is 11.3 Å². The zero-order valence-corrected chi connectivity index (χ0v) is 17.6. The number of esters is 1. The standard InChI is InChI=1S/C21H20N2O7S/c1-12-16(21(26)30-9-8-15-7-4-10-31-15)17(18(19(24)22-12)20(25)29-2)13-5-3-6-14(11-13)23(27)28/h3-7,10-11,17,25H,8-9H2,1-2H3,(H,22,24). The minimum absolute atomic E-state index is 0.0601. The minimum Gasteiger partial charge on any atom is -0.481 e. The van der Waals surface area contributed by atoms with Crippen LogP contribution in [0.15, 0.2) is 64.6 Å². The molecule has 1 aliphatic heterocycles. The van der Waals surface area contributed by atoms with Gasteiger partial charge in [0.1, 0.15) is 5.57 Å². The molecular formula is C21H20N2O7S. The van der Waals surface area contributed by atoms with E-state index >= 15 is 0 Å². The number of carbonyl (C=O) groups is 2. The van der Waals surface area contributed by atoms with Gasteiger partial charge in [0.05, 0.1) is 30.1 Å². The summed E-state index contributed by atoms with van der Waals surface area (Å²) in [6, 6.07) is 9.34. The summed E-state index contributed by atoms with van der Waals surface area (Å²) in [5.74, 6) is -3.18. The lowest BCUT2D eigenvalue weighted by Crippen LogP contribution is -2.37. The molecule has 0 aliphatic carbocycles. The lowest BCUT2D eigenvalue weighted by Gasteiger charge is -2.29. The fraction of sp³-hybridized carbons (Fsp3) is 0.238. The van der Waals surface area contributed by atoms with Gasteiger partial charge in [-0.3, -0.25) is 14.9 Å². The Morgan fingerprint density at radius 2 is 2.10 bits per heavy atom. The maximum Gasteiger partial charge on any atom is 0.336 e. The second-order valence-electron chi connectivity index (χ2n) is 6.67. The molecule has 9 nitrogen and oxygen atoms in total. The number of aliphatic hydroxyl groups excluding tert-OH is 1. The first-order valence-corrected chi connectivity index (χ1v) is 10.1. The molecule has 31 heavy (non-hydrogen) atoms. The molecule has 2 heterocycles. The topological polar surface area (TPSA) is 128 Å². The normalized spacial score (nSPS) is 17.7. The van der Waals surface area contributed by atoms with Crippen LogP contribution in [0.1, 0.15) is 23.3 Å². The molecule has 2 aromatic rings. The molecule has 0 fully saturated rings. The van der Waals surface area contributed by atoms with Gasteiger partial charge in [-0.2, -0.15) is 0 Å². The number of carbonyl (C=O) groups excluding carboxylic acids is 2. The Bertz CT molecular complexity index is 1070. The van der Waals surface area contributed by atoms with Crippen molar-refractivity contribution >= 4 is 28.9 Å². The predicted octanol–water partition coefficient (Wildman–Crippen LogP) is 3.35. The summed E-state index contributed by atoms with van der Waals surface area (Å²) in [6.45, 7) is 1.64. The minimum atomic E-state index is -1.11. The molecule has 1 amide bonds. The van der Waals surface area contributed by atoms with E-state index in [4.69, 9.17) is 9.47 Å². The van der Waals surface area contributed by atoms with Crippen molar-refractivity contribution in [2.75, 3.05) is 13.7 Å². The number of allylic oxidation sites excluding steroid dienone is 1. The van der Waals surface area contributed by atoms with Gasteiger partial charge in [-0.15, -0.1) is 11.3 Å². The van der Waals surface area contributed by atoms with E-state index < -0.39 is 28.7 Å². The number of thiophene rings is 1. The van der Waals surface area contributed by atoms with Gasteiger partial charge >= 0.3 is 5.97 Å². The van der Waals surface area contributed by atoms with Gasteiger partial charge in [-0.1, -0.05) is 18.2 Å². The highest BCUT2D eigenvalue weighted by Gasteiger charge is 2.40. The van der Waals surface area contributed by atoms with Crippen molar-refractivity contribution in [3.63, 3.8) is 0 Å². The van der Waals surface area contributed by atoms with Crippen molar-refractivity contribution in [2.24, 2.45) is 0 Å². The van der Waals surface area contributed by atoms with Crippen LogP contribution in [0.25, 0.3) is 0 Å². The van der Waals surface area contributed by atoms with Gasteiger partial charge in [0.25, 0.3) is 17.5 Å². The molecule has 2 N–H and O–H groups in total. The number of methoxy groups -OCH3 is 1.